The number of piperidine rings is 1. The summed E-state index contributed by atoms with van der Waals surface area (Å²) >= 11 is 0. The standard InChI is InChI=1S/C20H16F2N6/c21-20(22)5-7-28(8-6-20)13-2-4-15-17(10-13)25-19(24-15)18-14-3-1-12(11-23)9-16(14)26-27-18/h1-4,9-10H,5-8H2,(H,24,25)(H,26,27). The lowest BCUT2D eigenvalue weighted by atomic mass is 10.1. The molecule has 0 radical (unpaired) electrons. The molecule has 8 heteroatoms. The van der Waals surface area contributed by atoms with E-state index in [4.69, 9.17) is 5.26 Å². The third-order valence-corrected chi connectivity index (χ3v) is 5.24. The van der Waals surface area contributed by atoms with Crippen LogP contribution in [0.25, 0.3) is 33.5 Å². The van der Waals surface area contributed by atoms with Gasteiger partial charge in [-0.1, -0.05) is 0 Å². The molecule has 1 aliphatic rings. The molecule has 0 atom stereocenters. The van der Waals surface area contributed by atoms with Crippen LogP contribution in [0.2, 0.25) is 0 Å². The van der Waals surface area contributed by atoms with Gasteiger partial charge in [-0.15, -0.1) is 0 Å². The topological polar surface area (TPSA) is 84.4 Å². The molecule has 5 rings (SSSR count). The molecule has 0 saturated carbocycles. The van der Waals surface area contributed by atoms with Gasteiger partial charge in [0, 0.05) is 37.0 Å². The van der Waals surface area contributed by atoms with Crippen LogP contribution < -0.4 is 4.90 Å². The minimum atomic E-state index is -2.56. The fraction of sp³-hybridized carbons (Fsp3) is 0.250. The van der Waals surface area contributed by atoms with Gasteiger partial charge in [0.05, 0.1) is 28.2 Å². The van der Waals surface area contributed by atoms with Crippen LogP contribution in [0.4, 0.5) is 14.5 Å². The molecule has 2 aromatic carbocycles. The molecule has 0 unspecified atom stereocenters. The van der Waals surface area contributed by atoms with Crippen molar-refractivity contribution in [3.05, 3.63) is 42.0 Å². The smallest absolute Gasteiger partial charge is 0.251 e. The van der Waals surface area contributed by atoms with E-state index in [1.807, 2.05) is 29.2 Å². The van der Waals surface area contributed by atoms with Gasteiger partial charge in [0.15, 0.2) is 5.82 Å². The predicted octanol–water partition coefficient (Wildman–Crippen LogP) is 4.21. The first-order valence-corrected chi connectivity index (χ1v) is 9.04. The highest BCUT2D eigenvalue weighted by atomic mass is 19.3. The largest absolute Gasteiger partial charge is 0.371 e. The average molecular weight is 378 g/mol. The van der Waals surface area contributed by atoms with E-state index >= 15 is 0 Å². The minimum Gasteiger partial charge on any atom is -0.371 e. The van der Waals surface area contributed by atoms with Crippen LogP contribution >= 0.6 is 0 Å². The fourth-order valence-corrected chi connectivity index (χ4v) is 3.67. The van der Waals surface area contributed by atoms with Gasteiger partial charge in [0.1, 0.15) is 5.69 Å². The molecule has 2 aromatic heterocycles. The van der Waals surface area contributed by atoms with Crippen molar-refractivity contribution in [1.29, 1.82) is 5.26 Å². The van der Waals surface area contributed by atoms with Crippen LogP contribution in [-0.4, -0.2) is 39.2 Å². The number of aromatic amines is 2. The van der Waals surface area contributed by atoms with E-state index in [-0.39, 0.29) is 12.8 Å². The molecule has 0 aliphatic carbocycles. The molecule has 1 fully saturated rings. The van der Waals surface area contributed by atoms with Gasteiger partial charge in [-0.25, -0.2) is 13.8 Å². The number of fused-ring (bicyclic) bond motifs is 2. The number of H-pyrrole nitrogens is 2. The van der Waals surface area contributed by atoms with Gasteiger partial charge in [-0.05, 0) is 36.4 Å². The Bertz CT molecular complexity index is 1220. The SMILES string of the molecule is N#Cc1ccc2c(-c3nc4ccc(N5CCC(F)(F)CC5)cc4[nH]3)n[nH]c2c1. The van der Waals surface area contributed by atoms with Crippen LogP contribution in [0.1, 0.15) is 18.4 Å². The first kappa shape index (κ1) is 16.7. The summed E-state index contributed by atoms with van der Waals surface area (Å²) in [6.45, 7) is 0.676. The van der Waals surface area contributed by atoms with E-state index in [1.165, 1.54) is 0 Å². The highest BCUT2D eigenvalue weighted by Gasteiger charge is 2.34. The van der Waals surface area contributed by atoms with Gasteiger partial charge >= 0.3 is 0 Å². The number of hydrogen-bond donors (Lipinski definition) is 2. The molecule has 0 bridgehead atoms. The number of nitrogens with one attached hydrogen (secondary N) is 2. The molecule has 28 heavy (non-hydrogen) atoms. The predicted molar refractivity (Wildman–Crippen MR) is 102 cm³/mol. The van der Waals surface area contributed by atoms with Gasteiger partial charge in [-0.2, -0.15) is 10.4 Å². The summed E-state index contributed by atoms with van der Waals surface area (Å²) in [5, 5.41) is 17.2. The van der Waals surface area contributed by atoms with E-state index in [9.17, 15) is 8.78 Å². The highest BCUT2D eigenvalue weighted by molar-refractivity contribution is 5.94. The van der Waals surface area contributed by atoms with Crippen LogP contribution in [0.5, 0.6) is 0 Å². The summed E-state index contributed by atoms with van der Waals surface area (Å²) < 4.78 is 26.8. The summed E-state index contributed by atoms with van der Waals surface area (Å²) in [7, 11) is 0. The van der Waals surface area contributed by atoms with Crippen LogP contribution in [-0.2, 0) is 0 Å². The summed E-state index contributed by atoms with van der Waals surface area (Å²) in [6, 6.07) is 13.2. The quantitative estimate of drug-likeness (QED) is 0.547. The monoisotopic (exact) mass is 378 g/mol. The molecule has 140 valence electrons. The molecule has 2 N–H and O–H groups in total. The maximum atomic E-state index is 13.4. The molecule has 1 saturated heterocycles. The van der Waals surface area contributed by atoms with Crippen LogP contribution in [0.15, 0.2) is 36.4 Å². The van der Waals surface area contributed by atoms with Crippen LogP contribution in [0, 0.1) is 11.3 Å². The number of rotatable bonds is 2. The number of benzene rings is 2. The Kier molecular flexibility index (Phi) is 3.59. The van der Waals surface area contributed by atoms with Crippen molar-refractivity contribution in [2.24, 2.45) is 0 Å². The van der Waals surface area contributed by atoms with Crippen molar-refractivity contribution in [1.82, 2.24) is 20.2 Å². The Labute approximate surface area is 158 Å². The summed E-state index contributed by atoms with van der Waals surface area (Å²) in [5.74, 6) is -1.94. The molecule has 4 aromatic rings. The molecule has 0 spiro atoms. The number of hydrogen-bond acceptors (Lipinski definition) is 4. The highest BCUT2D eigenvalue weighted by Crippen LogP contribution is 2.32. The molecule has 1 aliphatic heterocycles. The van der Waals surface area contributed by atoms with Gasteiger partial charge in [-0.3, -0.25) is 5.10 Å². The van der Waals surface area contributed by atoms with Crippen LogP contribution in [0.3, 0.4) is 0 Å². The third-order valence-electron chi connectivity index (χ3n) is 5.24. The Morgan fingerprint density at radius 3 is 2.68 bits per heavy atom. The number of aromatic nitrogens is 4. The second-order valence-electron chi connectivity index (χ2n) is 7.07. The number of alkyl halides is 2. The molecule has 0 amide bonds. The number of anilines is 1. The first-order chi connectivity index (χ1) is 13.5. The Hall–Kier alpha value is -3.47. The summed E-state index contributed by atoms with van der Waals surface area (Å²) in [6.07, 6.45) is -0.244. The Morgan fingerprint density at radius 1 is 1.07 bits per heavy atom. The summed E-state index contributed by atoms with van der Waals surface area (Å²) in [5.41, 5.74) is 4.52. The lowest BCUT2D eigenvalue weighted by Crippen LogP contribution is -2.39. The van der Waals surface area contributed by atoms with Gasteiger partial charge < -0.3 is 9.88 Å². The van der Waals surface area contributed by atoms with Crippen molar-refractivity contribution in [3.8, 4) is 17.6 Å². The Balaban J connectivity index is 1.50. The third kappa shape index (κ3) is 2.76. The number of halogens is 2. The second kappa shape index (κ2) is 6.02. The zero-order chi connectivity index (χ0) is 19.3. The molecule has 3 heterocycles. The van der Waals surface area contributed by atoms with Crippen molar-refractivity contribution < 1.29 is 8.78 Å². The maximum absolute atomic E-state index is 13.4. The van der Waals surface area contributed by atoms with E-state index in [1.54, 1.807) is 12.1 Å². The molecular weight excluding hydrogens is 362 g/mol. The second-order valence-corrected chi connectivity index (χ2v) is 7.07. The van der Waals surface area contributed by atoms with Crippen molar-refractivity contribution in [2.75, 3.05) is 18.0 Å². The maximum Gasteiger partial charge on any atom is 0.251 e. The van der Waals surface area contributed by atoms with Crippen molar-refractivity contribution in [3.63, 3.8) is 0 Å². The molecule has 6 nitrogen and oxygen atoms in total. The van der Waals surface area contributed by atoms with E-state index in [0.717, 1.165) is 27.6 Å². The zero-order valence-corrected chi connectivity index (χ0v) is 14.8. The van der Waals surface area contributed by atoms with E-state index < -0.39 is 5.92 Å². The number of imidazole rings is 1. The Morgan fingerprint density at radius 2 is 1.89 bits per heavy atom. The van der Waals surface area contributed by atoms with E-state index in [2.05, 4.69) is 26.2 Å². The summed E-state index contributed by atoms with van der Waals surface area (Å²) in [4.78, 5) is 9.87. The lowest BCUT2D eigenvalue weighted by Gasteiger charge is -2.33. The normalized spacial score (nSPS) is 16.5. The van der Waals surface area contributed by atoms with E-state index in [0.29, 0.717) is 30.2 Å². The van der Waals surface area contributed by atoms with Gasteiger partial charge in [0.25, 0.3) is 5.92 Å². The lowest BCUT2D eigenvalue weighted by molar-refractivity contribution is -0.0220. The van der Waals surface area contributed by atoms with Crippen molar-refractivity contribution in [2.45, 2.75) is 18.8 Å². The number of nitriles is 1. The van der Waals surface area contributed by atoms with Crippen molar-refractivity contribution >= 4 is 27.6 Å². The number of nitrogens with zero attached hydrogens (tertiary/aromatic N) is 4. The zero-order valence-electron chi connectivity index (χ0n) is 14.8. The average Bonchev–Trinajstić information content (AvgIpc) is 3.30. The minimum absolute atomic E-state index is 0.122. The fourth-order valence-electron chi connectivity index (χ4n) is 3.67. The van der Waals surface area contributed by atoms with Gasteiger partial charge in [0.2, 0.25) is 0 Å². The first-order valence-electron chi connectivity index (χ1n) is 9.04. The molecular formula is C20H16F2N6.